The lowest BCUT2D eigenvalue weighted by Gasteiger charge is -2.27. The monoisotopic (exact) mass is 173 g/mol. The zero-order valence-corrected chi connectivity index (χ0v) is 7.49. The van der Waals surface area contributed by atoms with E-state index in [1.807, 2.05) is 0 Å². The van der Waals surface area contributed by atoms with Gasteiger partial charge < -0.3 is 5.32 Å². The molecule has 4 heteroatoms. The lowest BCUT2D eigenvalue weighted by molar-refractivity contribution is 0.263. The molecular formula is C7H15N3S. The molecule has 0 aromatic carbocycles. The fourth-order valence-corrected chi connectivity index (χ4v) is 1.41. The minimum atomic E-state index is 0.933. The van der Waals surface area contributed by atoms with Gasteiger partial charge in [0.25, 0.3) is 0 Å². The van der Waals surface area contributed by atoms with Gasteiger partial charge in [0.2, 0.25) is 0 Å². The van der Waals surface area contributed by atoms with Gasteiger partial charge in [0.1, 0.15) is 0 Å². The van der Waals surface area contributed by atoms with Gasteiger partial charge in [-0.15, -0.1) is 0 Å². The Morgan fingerprint density at radius 3 is 2.73 bits per heavy atom. The van der Waals surface area contributed by atoms with Crippen molar-refractivity contribution in [1.29, 1.82) is 0 Å². The molecule has 0 spiro atoms. The summed E-state index contributed by atoms with van der Waals surface area (Å²) in [5.74, 6) is 0. The number of hydrogen-bond acceptors (Lipinski definition) is 4. The Labute approximate surface area is 72.1 Å². The van der Waals surface area contributed by atoms with Crippen LogP contribution in [0, 0.1) is 0 Å². The summed E-state index contributed by atoms with van der Waals surface area (Å²) in [5.41, 5.74) is 0. The van der Waals surface area contributed by atoms with Crippen LogP contribution in [0.3, 0.4) is 0 Å². The van der Waals surface area contributed by atoms with Crippen molar-refractivity contribution in [3.63, 3.8) is 0 Å². The lowest BCUT2D eigenvalue weighted by atomic mass is 10.3. The first-order valence-electron chi connectivity index (χ1n) is 3.80. The predicted molar refractivity (Wildman–Crippen MR) is 50.2 cm³/mol. The highest BCUT2D eigenvalue weighted by molar-refractivity contribution is 8.00. The summed E-state index contributed by atoms with van der Waals surface area (Å²) in [4.78, 5) is 3.41. The highest BCUT2D eigenvalue weighted by Crippen LogP contribution is 2.07. The van der Waals surface area contributed by atoms with Gasteiger partial charge >= 0.3 is 0 Å². The molecule has 1 aliphatic rings. The van der Waals surface area contributed by atoms with Crippen molar-refractivity contribution in [1.82, 2.24) is 10.2 Å². The topological polar surface area (TPSA) is 41.3 Å². The smallest absolute Gasteiger partial charge is 0.0301 e. The summed E-state index contributed by atoms with van der Waals surface area (Å²) in [5, 5.41) is 8.66. The maximum atomic E-state index is 5.36. The predicted octanol–water partition coefficient (Wildman–Crippen LogP) is 0.0122. The summed E-state index contributed by atoms with van der Waals surface area (Å²) in [7, 11) is 0. The van der Waals surface area contributed by atoms with Gasteiger partial charge in [-0.1, -0.05) is 18.5 Å². The summed E-state index contributed by atoms with van der Waals surface area (Å²) in [6.45, 7) is 9.17. The number of nitrogens with zero attached hydrogens (tertiary/aromatic N) is 1. The molecule has 0 bridgehead atoms. The highest BCUT2D eigenvalue weighted by atomic mass is 32.2. The van der Waals surface area contributed by atoms with Crippen molar-refractivity contribution in [3.05, 3.63) is 11.5 Å². The van der Waals surface area contributed by atoms with Crippen molar-refractivity contribution in [2.45, 2.75) is 0 Å². The summed E-state index contributed by atoms with van der Waals surface area (Å²) in [6.07, 6.45) is 0. The molecule has 1 heterocycles. The van der Waals surface area contributed by atoms with Gasteiger partial charge in [0.15, 0.2) is 0 Å². The first-order valence-corrected chi connectivity index (χ1v) is 4.68. The molecule has 0 atom stereocenters. The number of nitrogens with one attached hydrogen (secondary N) is 1. The molecule has 1 saturated heterocycles. The highest BCUT2D eigenvalue weighted by Gasteiger charge is 2.09. The molecular weight excluding hydrogens is 158 g/mol. The van der Waals surface area contributed by atoms with E-state index in [2.05, 4.69) is 16.8 Å². The first-order chi connectivity index (χ1) is 5.33. The molecule has 0 aromatic heterocycles. The van der Waals surface area contributed by atoms with E-state index in [9.17, 15) is 0 Å². The van der Waals surface area contributed by atoms with Crippen LogP contribution in [0.15, 0.2) is 11.5 Å². The summed E-state index contributed by atoms with van der Waals surface area (Å²) >= 11 is 1.26. The van der Waals surface area contributed by atoms with Crippen LogP contribution in [0.2, 0.25) is 0 Å². The minimum absolute atomic E-state index is 0.933. The van der Waals surface area contributed by atoms with Crippen LogP contribution in [0.5, 0.6) is 0 Å². The quantitative estimate of drug-likeness (QED) is 0.590. The number of rotatable bonds is 3. The second-order valence-corrected chi connectivity index (χ2v) is 3.50. The average Bonchev–Trinajstić information content (AvgIpc) is 2.06. The normalized spacial score (nSPS) is 20.1. The zero-order valence-electron chi connectivity index (χ0n) is 6.68. The van der Waals surface area contributed by atoms with E-state index in [0.717, 1.165) is 37.6 Å². The van der Waals surface area contributed by atoms with E-state index in [1.165, 1.54) is 11.9 Å². The zero-order chi connectivity index (χ0) is 8.10. The second-order valence-electron chi connectivity index (χ2n) is 2.68. The van der Waals surface area contributed by atoms with Gasteiger partial charge in [-0.05, 0) is 0 Å². The maximum Gasteiger partial charge on any atom is 0.0301 e. The van der Waals surface area contributed by atoms with Gasteiger partial charge in [-0.2, -0.15) is 0 Å². The Morgan fingerprint density at radius 2 is 2.18 bits per heavy atom. The second kappa shape index (κ2) is 4.77. The molecule has 0 aliphatic carbocycles. The molecule has 0 aromatic rings. The minimum Gasteiger partial charge on any atom is -0.314 e. The van der Waals surface area contributed by atoms with Crippen molar-refractivity contribution >= 4 is 11.9 Å². The Morgan fingerprint density at radius 1 is 1.55 bits per heavy atom. The van der Waals surface area contributed by atoms with E-state index in [1.54, 1.807) is 0 Å². The molecule has 0 unspecified atom stereocenters. The summed E-state index contributed by atoms with van der Waals surface area (Å²) in [6, 6.07) is 0. The third-order valence-electron chi connectivity index (χ3n) is 1.78. The van der Waals surface area contributed by atoms with E-state index in [-0.39, 0.29) is 0 Å². The molecule has 11 heavy (non-hydrogen) atoms. The van der Waals surface area contributed by atoms with E-state index in [0.29, 0.717) is 0 Å². The number of piperazine rings is 1. The molecule has 1 aliphatic heterocycles. The standard InChI is InChI=1S/C7H15N3S/c1-7(11-8)6-10-4-2-9-3-5-10/h9H,1-6,8H2. The fourth-order valence-electron chi connectivity index (χ4n) is 1.16. The molecule has 1 fully saturated rings. The molecule has 0 radical (unpaired) electrons. The third-order valence-corrected chi connectivity index (χ3v) is 2.24. The number of hydrogen-bond donors (Lipinski definition) is 2. The van der Waals surface area contributed by atoms with Crippen molar-refractivity contribution in [3.8, 4) is 0 Å². The Hall–Kier alpha value is -0.0300. The number of nitrogens with two attached hydrogens (primary N) is 1. The maximum absolute atomic E-state index is 5.36. The Kier molecular flexibility index (Phi) is 3.93. The van der Waals surface area contributed by atoms with Crippen LogP contribution in [-0.4, -0.2) is 37.6 Å². The van der Waals surface area contributed by atoms with Gasteiger partial charge in [0.05, 0.1) is 0 Å². The Bertz CT molecular complexity index is 132. The van der Waals surface area contributed by atoms with E-state index >= 15 is 0 Å². The van der Waals surface area contributed by atoms with Gasteiger partial charge in [-0.3, -0.25) is 10.0 Å². The molecule has 1 rings (SSSR count). The fraction of sp³-hybridized carbons (Fsp3) is 0.714. The van der Waals surface area contributed by atoms with Gasteiger partial charge in [-0.25, -0.2) is 0 Å². The Balaban J connectivity index is 2.19. The van der Waals surface area contributed by atoms with E-state index in [4.69, 9.17) is 5.14 Å². The van der Waals surface area contributed by atoms with Crippen molar-refractivity contribution < 1.29 is 0 Å². The SMILES string of the molecule is C=C(CN1CCNCC1)SN. The average molecular weight is 173 g/mol. The van der Waals surface area contributed by atoms with Crippen LogP contribution >= 0.6 is 11.9 Å². The van der Waals surface area contributed by atoms with Crippen LogP contribution < -0.4 is 10.5 Å². The van der Waals surface area contributed by atoms with Gasteiger partial charge in [0, 0.05) is 37.6 Å². The van der Waals surface area contributed by atoms with Crippen molar-refractivity contribution in [2.75, 3.05) is 32.7 Å². The van der Waals surface area contributed by atoms with Crippen LogP contribution in [0.1, 0.15) is 0 Å². The lowest BCUT2D eigenvalue weighted by Crippen LogP contribution is -2.43. The van der Waals surface area contributed by atoms with Crippen molar-refractivity contribution in [2.24, 2.45) is 5.14 Å². The van der Waals surface area contributed by atoms with Crippen LogP contribution in [0.4, 0.5) is 0 Å². The largest absolute Gasteiger partial charge is 0.314 e. The molecule has 3 nitrogen and oxygen atoms in total. The molecule has 64 valence electrons. The summed E-state index contributed by atoms with van der Waals surface area (Å²) < 4.78 is 0. The van der Waals surface area contributed by atoms with Crippen LogP contribution in [-0.2, 0) is 0 Å². The molecule has 0 saturated carbocycles. The van der Waals surface area contributed by atoms with Crippen LogP contribution in [0.25, 0.3) is 0 Å². The first kappa shape index (κ1) is 9.06. The molecule has 3 N–H and O–H groups in total. The molecule has 0 amide bonds. The third kappa shape index (κ3) is 3.25. The van der Waals surface area contributed by atoms with E-state index < -0.39 is 0 Å².